The minimum absolute atomic E-state index is 0.632. The number of rotatable bonds is 5. The third-order valence-corrected chi connectivity index (χ3v) is 5.64. The molecule has 9 heteroatoms. The van der Waals surface area contributed by atoms with Crippen LogP contribution >= 0.6 is 15.9 Å². The molecule has 0 radical (unpaired) electrons. The molecule has 0 spiro atoms. The number of nitrogens with one attached hydrogen (secondary N) is 2. The molecule has 5 rings (SSSR count). The lowest BCUT2D eigenvalue weighted by Gasteiger charge is -2.27. The zero-order valence-corrected chi connectivity index (χ0v) is 17.9. The van der Waals surface area contributed by atoms with E-state index in [1.165, 1.54) is 0 Å². The number of nitrogens with zero attached hydrogens (tertiary/aromatic N) is 6. The second-order valence-corrected chi connectivity index (χ2v) is 7.93. The molecule has 4 heterocycles. The van der Waals surface area contributed by atoms with Gasteiger partial charge in [0.1, 0.15) is 0 Å². The fraction of sp³-hybridized carbons (Fsp3) is 0.238. The average Bonchev–Trinajstić information content (AvgIpc) is 3.20. The quantitative estimate of drug-likeness (QED) is 0.469. The van der Waals surface area contributed by atoms with Crippen LogP contribution in [0.2, 0.25) is 0 Å². The third kappa shape index (κ3) is 3.86. The van der Waals surface area contributed by atoms with Crippen molar-refractivity contribution < 1.29 is 0 Å². The highest BCUT2D eigenvalue weighted by atomic mass is 79.9. The molecule has 1 aliphatic rings. The Labute approximate surface area is 182 Å². The van der Waals surface area contributed by atoms with Gasteiger partial charge >= 0.3 is 0 Å². The summed E-state index contributed by atoms with van der Waals surface area (Å²) in [5.74, 6) is 1.39. The SMILES string of the molecule is Brc1cnn2c(NCc3ccc(-c4ccccn4)cc3)nc(N3CCNCC3)nc12. The number of hydrogen-bond donors (Lipinski definition) is 2. The van der Waals surface area contributed by atoms with Gasteiger partial charge in [0.05, 0.1) is 16.4 Å². The molecule has 1 saturated heterocycles. The highest BCUT2D eigenvalue weighted by molar-refractivity contribution is 9.10. The molecule has 0 aliphatic carbocycles. The van der Waals surface area contributed by atoms with Crippen molar-refractivity contribution in [3.05, 3.63) is 64.9 Å². The molecule has 0 bridgehead atoms. The molecule has 8 nitrogen and oxygen atoms in total. The predicted octanol–water partition coefficient (Wildman–Crippen LogP) is 2.97. The van der Waals surface area contributed by atoms with Crippen LogP contribution in [-0.4, -0.2) is 50.7 Å². The summed E-state index contributed by atoms with van der Waals surface area (Å²) in [4.78, 5) is 16.1. The number of aromatic nitrogens is 5. The number of halogens is 1. The summed E-state index contributed by atoms with van der Waals surface area (Å²) >= 11 is 3.55. The Morgan fingerprint density at radius 2 is 1.87 bits per heavy atom. The zero-order chi connectivity index (χ0) is 20.3. The van der Waals surface area contributed by atoms with Crippen LogP contribution in [-0.2, 0) is 6.54 Å². The summed E-state index contributed by atoms with van der Waals surface area (Å²) in [6.07, 6.45) is 3.56. The van der Waals surface area contributed by atoms with E-state index in [0.29, 0.717) is 12.5 Å². The Hall–Kier alpha value is -3.04. The first-order valence-corrected chi connectivity index (χ1v) is 10.7. The van der Waals surface area contributed by atoms with E-state index < -0.39 is 0 Å². The molecule has 4 aromatic rings. The smallest absolute Gasteiger partial charge is 0.230 e. The van der Waals surface area contributed by atoms with Crippen molar-refractivity contribution in [3.63, 3.8) is 0 Å². The predicted molar refractivity (Wildman–Crippen MR) is 121 cm³/mol. The van der Waals surface area contributed by atoms with Crippen LogP contribution in [0.25, 0.3) is 16.9 Å². The first-order valence-electron chi connectivity index (χ1n) is 9.89. The summed E-state index contributed by atoms with van der Waals surface area (Å²) in [5, 5.41) is 11.2. The van der Waals surface area contributed by atoms with E-state index in [1.54, 1.807) is 10.7 Å². The summed E-state index contributed by atoms with van der Waals surface area (Å²) in [5.41, 5.74) is 3.97. The Kier molecular flexibility index (Phi) is 5.29. The second-order valence-electron chi connectivity index (χ2n) is 7.08. The van der Waals surface area contributed by atoms with E-state index in [1.807, 2.05) is 24.4 Å². The van der Waals surface area contributed by atoms with Gasteiger partial charge in [-0.3, -0.25) is 4.98 Å². The van der Waals surface area contributed by atoms with E-state index >= 15 is 0 Å². The lowest BCUT2D eigenvalue weighted by atomic mass is 10.1. The molecule has 1 aromatic carbocycles. The Bertz CT molecular complexity index is 1140. The van der Waals surface area contributed by atoms with Crippen molar-refractivity contribution >= 4 is 33.5 Å². The van der Waals surface area contributed by atoms with Gasteiger partial charge in [-0.2, -0.15) is 19.6 Å². The molecular formula is C21H21BrN8. The maximum atomic E-state index is 4.76. The highest BCUT2D eigenvalue weighted by Crippen LogP contribution is 2.22. The summed E-state index contributed by atoms with van der Waals surface area (Å²) in [6, 6.07) is 14.3. The lowest BCUT2D eigenvalue weighted by Crippen LogP contribution is -2.44. The molecule has 152 valence electrons. The average molecular weight is 465 g/mol. The third-order valence-electron chi connectivity index (χ3n) is 5.08. The van der Waals surface area contributed by atoms with Gasteiger partial charge < -0.3 is 15.5 Å². The first kappa shape index (κ1) is 19.0. The fourth-order valence-corrected chi connectivity index (χ4v) is 3.82. The lowest BCUT2D eigenvalue weighted by molar-refractivity contribution is 0.579. The van der Waals surface area contributed by atoms with Crippen LogP contribution in [0, 0.1) is 0 Å². The molecule has 3 aromatic heterocycles. The molecule has 0 unspecified atom stereocenters. The van der Waals surface area contributed by atoms with E-state index in [9.17, 15) is 0 Å². The monoisotopic (exact) mass is 464 g/mol. The standard InChI is InChI=1S/C21H21BrN8/c22-17-14-26-30-19(17)27-21(29-11-9-23-10-12-29)28-20(30)25-13-15-4-6-16(7-5-15)18-3-1-2-8-24-18/h1-8,14,23H,9-13H2,(H,25,27,28). The summed E-state index contributed by atoms with van der Waals surface area (Å²) in [6.45, 7) is 4.26. The van der Waals surface area contributed by atoms with Gasteiger partial charge in [0.2, 0.25) is 11.9 Å². The minimum Gasteiger partial charge on any atom is -0.350 e. The molecule has 1 fully saturated rings. The molecule has 2 N–H and O–H groups in total. The zero-order valence-electron chi connectivity index (χ0n) is 16.3. The van der Waals surface area contributed by atoms with Gasteiger partial charge in [-0.05, 0) is 33.6 Å². The molecule has 1 aliphatic heterocycles. The van der Waals surface area contributed by atoms with E-state index in [-0.39, 0.29) is 0 Å². The number of hydrogen-bond acceptors (Lipinski definition) is 7. The Morgan fingerprint density at radius 3 is 2.63 bits per heavy atom. The van der Waals surface area contributed by atoms with Crippen LogP contribution in [0.15, 0.2) is 59.3 Å². The molecular weight excluding hydrogens is 444 g/mol. The van der Waals surface area contributed by atoms with Crippen LogP contribution in [0.1, 0.15) is 5.56 Å². The van der Waals surface area contributed by atoms with E-state index in [0.717, 1.165) is 59.1 Å². The van der Waals surface area contributed by atoms with Gasteiger partial charge in [0, 0.05) is 44.5 Å². The topological polar surface area (TPSA) is 83.3 Å². The summed E-state index contributed by atoms with van der Waals surface area (Å²) < 4.78 is 2.59. The maximum absolute atomic E-state index is 4.76. The van der Waals surface area contributed by atoms with Gasteiger partial charge in [-0.25, -0.2) is 0 Å². The van der Waals surface area contributed by atoms with Crippen molar-refractivity contribution in [2.24, 2.45) is 0 Å². The van der Waals surface area contributed by atoms with Crippen molar-refractivity contribution in [2.75, 3.05) is 36.4 Å². The molecule has 0 saturated carbocycles. The largest absolute Gasteiger partial charge is 0.350 e. The second kappa shape index (κ2) is 8.37. The molecule has 0 atom stereocenters. The van der Waals surface area contributed by atoms with Crippen LogP contribution in [0.4, 0.5) is 11.9 Å². The Balaban J connectivity index is 1.38. The first-order chi connectivity index (χ1) is 14.8. The normalized spacial score (nSPS) is 14.2. The van der Waals surface area contributed by atoms with E-state index in [2.05, 4.69) is 65.8 Å². The number of pyridine rings is 1. The summed E-state index contributed by atoms with van der Waals surface area (Å²) in [7, 11) is 0. The Morgan fingerprint density at radius 1 is 1.03 bits per heavy atom. The van der Waals surface area contributed by atoms with Gasteiger partial charge in [-0.15, -0.1) is 0 Å². The van der Waals surface area contributed by atoms with Gasteiger partial charge in [-0.1, -0.05) is 30.3 Å². The van der Waals surface area contributed by atoms with Crippen molar-refractivity contribution in [2.45, 2.75) is 6.54 Å². The van der Waals surface area contributed by atoms with Gasteiger partial charge in [0.25, 0.3) is 0 Å². The number of piperazine rings is 1. The highest BCUT2D eigenvalue weighted by Gasteiger charge is 2.18. The number of anilines is 2. The van der Waals surface area contributed by atoms with Crippen LogP contribution in [0.3, 0.4) is 0 Å². The number of benzene rings is 1. The van der Waals surface area contributed by atoms with Crippen molar-refractivity contribution in [1.82, 2.24) is 29.9 Å². The number of fused-ring (bicyclic) bond motifs is 1. The molecule has 30 heavy (non-hydrogen) atoms. The van der Waals surface area contributed by atoms with Crippen LogP contribution in [0.5, 0.6) is 0 Å². The van der Waals surface area contributed by atoms with Gasteiger partial charge in [0.15, 0.2) is 5.65 Å². The minimum atomic E-state index is 0.632. The van der Waals surface area contributed by atoms with E-state index in [4.69, 9.17) is 9.97 Å². The van der Waals surface area contributed by atoms with Crippen molar-refractivity contribution in [1.29, 1.82) is 0 Å². The molecule has 0 amide bonds. The van der Waals surface area contributed by atoms with Crippen molar-refractivity contribution in [3.8, 4) is 11.3 Å². The van der Waals surface area contributed by atoms with Crippen LogP contribution < -0.4 is 15.5 Å². The maximum Gasteiger partial charge on any atom is 0.230 e. The fourth-order valence-electron chi connectivity index (χ4n) is 3.47.